The van der Waals surface area contributed by atoms with Crippen molar-refractivity contribution in [3.63, 3.8) is 0 Å². The van der Waals surface area contributed by atoms with Crippen LogP contribution in [0.2, 0.25) is 0 Å². The van der Waals surface area contributed by atoms with Gasteiger partial charge < -0.3 is 10.1 Å². The molecule has 1 amide bonds. The molecule has 0 aliphatic carbocycles. The highest BCUT2D eigenvalue weighted by molar-refractivity contribution is 6.00. The minimum atomic E-state index is -0.610. The molecule has 1 aliphatic rings. The van der Waals surface area contributed by atoms with Gasteiger partial charge in [-0.3, -0.25) is 29.1 Å². The first-order chi connectivity index (χ1) is 11.9. The summed E-state index contributed by atoms with van der Waals surface area (Å²) in [4.78, 5) is 46.2. The van der Waals surface area contributed by atoms with Crippen LogP contribution in [0.25, 0.3) is 0 Å². The quantitative estimate of drug-likeness (QED) is 0.507. The van der Waals surface area contributed by atoms with Crippen molar-refractivity contribution < 1.29 is 19.2 Å². The number of benzene rings is 1. The van der Waals surface area contributed by atoms with Gasteiger partial charge in [0.2, 0.25) is 0 Å². The van der Waals surface area contributed by atoms with Crippen LogP contribution in [0, 0.1) is 17.0 Å². The smallest absolute Gasteiger partial charge is 0.288 e. The van der Waals surface area contributed by atoms with Crippen LogP contribution in [-0.4, -0.2) is 27.8 Å². The summed E-state index contributed by atoms with van der Waals surface area (Å²) in [5.41, 5.74) is -0.0300. The summed E-state index contributed by atoms with van der Waals surface area (Å²) in [7, 11) is 0. The molecule has 128 valence electrons. The van der Waals surface area contributed by atoms with Crippen LogP contribution in [0.3, 0.4) is 0 Å². The number of hydrogen-bond donors (Lipinski definition) is 1. The molecular weight excluding hydrogens is 330 g/mol. The number of anilines is 1. The van der Waals surface area contributed by atoms with E-state index in [-0.39, 0.29) is 36.0 Å². The van der Waals surface area contributed by atoms with Crippen LogP contribution in [0.4, 0.5) is 11.4 Å². The number of ketones is 1. The van der Waals surface area contributed by atoms with Crippen LogP contribution in [-0.2, 0) is 11.3 Å². The van der Waals surface area contributed by atoms with Gasteiger partial charge in [-0.25, -0.2) is 0 Å². The summed E-state index contributed by atoms with van der Waals surface area (Å²) < 4.78 is 6.27. The van der Waals surface area contributed by atoms with Crippen molar-refractivity contribution in [3.05, 3.63) is 62.1 Å². The lowest BCUT2D eigenvalue weighted by molar-refractivity contribution is -0.386. The largest absolute Gasteiger partial charge is 0.482 e. The zero-order valence-corrected chi connectivity index (χ0v) is 13.1. The Morgan fingerprint density at radius 1 is 1.32 bits per heavy atom. The molecule has 0 atom stereocenters. The number of hydrogen-bond acceptors (Lipinski definition) is 6. The van der Waals surface area contributed by atoms with Crippen molar-refractivity contribution in [2.45, 2.75) is 13.5 Å². The summed E-state index contributed by atoms with van der Waals surface area (Å²) in [6.45, 7) is 0.968. The van der Waals surface area contributed by atoms with Gasteiger partial charge >= 0.3 is 0 Å². The number of pyridine rings is 1. The molecule has 0 fully saturated rings. The van der Waals surface area contributed by atoms with Crippen molar-refractivity contribution in [2.75, 3.05) is 11.9 Å². The second-order valence-corrected chi connectivity index (χ2v) is 5.46. The zero-order valence-electron chi connectivity index (χ0n) is 13.1. The Hall–Kier alpha value is -3.49. The Morgan fingerprint density at radius 2 is 2.08 bits per heavy atom. The van der Waals surface area contributed by atoms with Crippen molar-refractivity contribution in [1.29, 1.82) is 0 Å². The molecule has 3 rings (SSSR count). The van der Waals surface area contributed by atoms with Crippen LogP contribution in [0.5, 0.6) is 5.75 Å². The zero-order chi connectivity index (χ0) is 18.1. The van der Waals surface area contributed by atoms with Crippen molar-refractivity contribution in [1.82, 2.24) is 4.57 Å². The number of carbonyl (C=O) groups is 2. The number of carbonyl (C=O) groups excluding carboxylic acids is 2. The van der Waals surface area contributed by atoms with E-state index in [1.165, 1.54) is 19.1 Å². The van der Waals surface area contributed by atoms with E-state index < -0.39 is 16.3 Å². The molecule has 1 N–H and O–H groups in total. The van der Waals surface area contributed by atoms with Gasteiger partial charge in [0.05, 0.1) is 22.8 Å². The molecule has 1 aromatic carbocycles. The predicted molar refractivity (Wildman–Crippen MR) is 87.0 cm³/mol. The first-order valence-corrected chi connectivity index (χ1v) is 7.31. The third-order valence-corrected chi connectivity index (χ3v) is 3.86. The van der Waals surface area contributed by atoms with E-state index in [1.54, 1.807) is 6.07 Å². The molecule has 0 saturated heterocycles. The van der Waals surface area contributed by atoms with Gasteiger partial charge in [-0.05, 0) is 25.1 Å². The molecule has 0 saturated carbocycles. The van der Waals surface area contributed by atoms with Crippen molar-refractivity contribution in [2.24, 2.45) is 0 Å². The molecule has 9 heteroatoms. The van der Waals surface area contributed by atoms with Gasteiger partial charge in [0.15, 0.2) is 12.4 Å². The number of fused-ring (bicyclic) bond motifs is 1. The summed E-state index contributed by atoms with van der Waals surface area (Å²) in [5.74, 6) is -0.309. The van der Waals surface area contributed by atoms with E-state index in [0.717, 1.165) is 16.7 Å². The standard InChI is InChI=1S/C16H13N3O6/c1-9-12(19(23)24)3-5-16(22)18(9)7-13(20)10-2-4-14-11(6-10)17-15(21)8-25-14/h2-6H,7-8H2,1H3,(H,17,21). The predicted octanol–water partition coefficient (Wildman–Crippen LogP) is 1.28. The van der Waals surface area contributed by atoms with Crippen LogP contribution < -0.4 is 15.6 Å². The van der Waals surface area contributed by atoms with Gasteiger partial charge in [0, 0.05) is 17.7 Å². The van der Waals surface area contributed by atoms with Gasteiger partial charge in [0.25, 0.3) is 17.2 Å². The second-order valence-electron chi connectivity index (χ2n) is 5.46. The highest BCUT2D eigenvalue weighted by atomic mass is 16.6. The van der Waals surface area contributed by atoms with Gasteiger partial charge in [0.1, 0.15) is 5.75 Å². The summed E-state index contributed by atoms with van der Waals surface area (Å²) in [6, 6.07) is 6.68. The summed E-state index contributed by atoms with van der Waals surface area (Å²) in [6.07, 6.45) is 0. The molecule has 0 bridgehead atoms. The number of rotatable bonds is 4. The van der Waals surface area contributed by atoms with E-state index in [9.17, 15) is 24.5 Å². The molecule has 0 radical (unpaired) electrons. The first kappa shape index (κ1) is 16.4. The fraction of sp³-hybridized carbons (Fsp3) is 0.188. The number of ether oxygens (including phenoxy) is 1. The SMILES string of the molecule is Cc1c([N+](=O)[O-])ccc(=O)n1CC(=O)c1ccc2c(c1)NC(=O)CO2. The third-order valence-electron chi connectivity index (χ3n) is 3.86. The normalized spacial score (nSPS) is 12.8. The van der Waals surface area contributed by atoms with Gasteiger partial charge in [-0.15, -0.1) is 0 Å². The maximum atomic E-state index is 12.5. The maximum Gasteiger partial charge on any atom is 0.288 e. The van der Waals surface area contributed by atoms with E-state index >= 15 is 0 Å². The van der Waals surface area contributed by atoms with E-state index in [0.29, 0.717) is 11.4 Å². The van der Waals surface area contributed by atoms with Gasteiger partial charge in [-0.1, -0.05) is 0 Å². The Labute approximate surface area is 141 Å². The average Bonchev–Trinajstić information content (AvgIpc) is 2.57. The van der Waals surface area contributed by atoms with Crippen LogP contribution in [0.1, 0.15) is 16.1 Å². The number of aromatic nitrogens is 1. The highest BCUT2D eigenvalue weighted by Crippen LogP contribution is 2.28. The minimum Gasteiger partial charge on any atom is -0.482 e. The summed E-state index contributed by atoms with van der Waals surface area (Å²) in [5, 5.41) is 13.6. The number of amides is 1. The highest BCUT2D eigenvalue weighted by Gasteiger charge is 2.20. The van der Waals surface area contributed by atoms with E-state index in [4.69, 9.17) is 4.74 Å². The molecule has 2 heterocycles. The first-order valence-electron chi connectivity index (χ1n) is 7.31. The molecule has 0 unspecified atom stereocenters. The maximum absolute atomic E-state index is 12.5. The number of nitrogens with zero attached hydrogens (tertiary/aromatic N) is 2. The Balaban J connectivity index is 1.92. The second kappa shape index (κ2) is 6.19. The molecule has 25 heavy (non-hydrogen) atoms. The van der Waals surface area contributed by atoms with E-state index in [1.807, 2.05) is 0 Å². The number of nitrogens with one attached hydrogen (secondary N) is 1. The molecule has 2 aromatic rings. The molecule has 0 spiro atoms. The monoisotopic (exact) mass is 343 g/mol. The average molecular weight is 343 g/mol. The molecule has 1 aliphatic heterocycles. The summed E-state index contributed by atoms with van der Waals surface area (Å²) >= 11 is 0. The Morgan fingerprint density at radius 3 is 2.80 bits per heavy atom. The Kier molecular flexibility index (Phi) is 4.05. The minimum absolute atomic E-state index is 0.0947. The van der Waals surface area contributed by atoms with Crippen molar-refractivity contribution in [3.8, 4) is 5.75 Å². The molecule has 1 aromatic heterocycles. The van der Waals surface area contributed by atoms with Crippen molar-refractivity contribution >= 4 is 23.1 Å². The van der Waals surface area contributed by atoms with Crippen LogP contribution >= 0.6 is 0 Å². The van der Waals surface area contributed by atoms with E-state index in [2.05, 4.69) is 5.32 Å². The lowest BCUT2D eigenvalue weighted by Crippen LogP contribution is -2.27. The Bertz CT molecular complexity index is 963. The lowest BCUT2D eigenvalue weighted by Gasteiger charge is -2.18. The number of nitro groups is 1. The number of Topliss-reactive ketones (excluding diaryl/α,β-unsaturated/α-hetero) is 1. The fourth-order valence-corrected chi connectivity index (χ4v) is 2.55. The van der Waals surface area contributed by atoms with Gasteiger partial charge in [-0.2, -0.15) is 0 Å². The lowest BCUT2D eigenvalue weighted by atomic mass is 10.1. The fourth-order valence-electron chi connectivity index (χ4n) is 2.55. The molecular formula is C16H13N3O6. The molecule has 9 nitrogen and oxygen atoms in total. The third kappa shape index (κ3) is 3.11. The van der Waals surface area contributed by atoms with Crippen LogP contribution in [0.15, 0.2) is 35.1 Å². The topological polar surface area (TPSA) is 121 Å².